The molecular formula is C41H81NO4. The summed E-state index contributed by atoms with van der Waals surface area (Å²) in [6.45, 7) is 7.65. The summed E-state index contributed by atoms with van der Waals surface area (Å²) in [5, 5.41) is 23.9. The van der Waals surface area contributed by atoms with Gasteiger partial charge in [0.25, 0.3) is 0 Å². The zero-order valence-corrected chi connectivity index (χ0v) is 31.5. The van der Waals surface area contributed by atoms with E-state index in [4.69, 9.17) is 0 Å². The van der Waals surface area contributed by atoms with Crippen LogP contribution in [0.5, 0.6) is 0 Å². The van der Waals surface area contributed by atoms with Crippen LogP contribution in [0.25, 0.3) is 0 Å². The number of unbranched alkanes of at least 4 members (excludes halogenated alkanes) is 28. The fourth-order valence-corrected chi connectivity index (χ4v) is 6.73. The molecule has 0 rings (SSSR count). The van der Waals surface area contributed by atoms with E-state index in [-0.39, 0.29) is 18.0 Å². The highest BCUT2D eigenvalue weighted by Crippen LogP contribution is 2.24. The Balaban J connectivity index is 4.02. The predicted octanol–water partition coefficient (Wildman–Crippen LogP) is 11.9. The zero-order valence-electron chi connectivity index (χ0n) is 31.5. The molecule has 0 heterocycles. The monoisotopic (exact) mass is 652 g/mol. The number of aliphatic hydroxyl groups is 2. The molecule has 0 amide bonds. The Morgan fingerprint density at radius 1 is 0.478 bits per heavy atom. The lowest BCUT2D eigenvalue weighted by molar-refractivity contribution is -0.159. The van der Waals surface area contributed by atoms with Crippen LogP contribution in [0.15, 0.2) is 0 Å². The molecule has 3 atom stereocenters. The highest BCUT2D eigenvalue weighted by atomic mass is 16.3. The summed E-state index contributed by atoms with van der Waals surface area (Å²) in [5.41, 5.74) is -2.00. The molecule has 0 aromatic heterocycles. The maximum Gasteiger partial charge on any atom is 0.187 e. The van der Waals surface area contributed by atoms with E-state index in [2.05, 4.69) is 19.2 Å². The average Bonchev–Trinajstić information content (AvgIpc) is 3.03. The number of carbonyl (C=O) groups is 2. The first-order valence-electron chi connectivity index (χ1n) is 20.5. The van der Waals surface area contributed by atoms with Crippen molar-refractivity contribution in [2.75, 3.05) is 0 Å². The highest BCUT2D eigenvalue weighted by Gasteiger charge is 2.44. The maximum atomic E-state index is 13.1. The van der Waals surface area contributed by atoms with E-state index in [9.17, 15) is 19.8 Å². The van der Waals surface area contributed by atoms with Crippen molar-refractivity contribution in [1.82, 2.24) is 5.32 Å². The molecule has 0 bridgehead atoms. The third kappa shape index (κ3) is 26.2. The minimum Gasteiger partial charge on any atom is -0.379 e. The Morgan fingerprint density at radius 3 is 1.02 bits per heavy atom. The van der Waals surface area contributed by atoms with E-state index >= 15 is 0 Å². The molecule has 0 aromatic rings. The summed E-state index contributed by atoms with van der Waals surface area (Å²) in [6, 6.07) is 0. The highest BCUT2D eigenvalue weighted by molar-refractivity contribution is 5.94. The minimum absolute atomic E-state index is 0.102. The second-order valence-electron chi connectivity index (χ2n) is 14.6. The topological polar surface area (TPSA) is 86.6 Å². The molecule has 0 aromatic carbocycles. The Labute approximate surface area is 287 Å². The van der Waals surface area contributed by atoms with Crippen molar-refractivity contribution in [3.05, 3.63) is 0 Å². The van der Waals surface area contributed by atoms with Gasteiger partial charge in [-0.05, 0) is 19.8 Å². The summed E-state index contributed by atoms with van der Waals surface area (Å²) in [7, 11) is 0. The van der Waals surface area contributed by atoms with Gasteiger partial charge in [-0.1, -0.05) is 201 Å². The van der Waals surface area contributed by atoms with Gasteiger partial charge in [-0.3, -0.25) is 14.9 Å². The van der Waals surface area contributed by atoms with E-state index in [1.165, 1.54) is 161 Å². The summed E-state index contributed by atoms with van der Waals surface area (Å²) >= 11 is 0. The third-order valence-corrected chi connectivity index (χ3v) is 10.00. The molecule has 5 heteroatoms. The van der Waals surface area contributed by atoms with E-state index in [1.807, 2.05) is 0 Å². The van der Waals surface area contributed by atoms with Crippen LogP contribution in [0.2, 0.25) is 0 Å². The van der Waals surface area contributed by atoms with Crippen LogP contribution in [0.3, 0.4) is 0 Å². The van der Waals surface area contributed by atoms with Crippen LogP contribution in [0, 0.1) is 5.92 Å². The van der Waals surface area contributed by atoms with Crippen LogP contribution in [-0.2, 0) is 9.59 Å². The molecule has 3 unspecified atom stereocenters. The molecule has 0 spiro atoms. The normalized spacial score (nSPS) is 14.3. The van der Waals surface area contributed by atoms with E-state index in [0.29, 0.717) is 12.8 Å². The number of Topliss-reactive ketones (excluding diaryl/α,β-unsaturated/α-hetero) is 2. The van der Waals surface area contributed by atoms with E-state index < -0.39 is 17.9 Å². The van der Waals surface area contributed by atoms with Crippen LogP contribution in [-0.4, -0.2) is 33.7 Å². The van der Waals surface area contributed by atoms with Crippen molar-refractivity contribution in [2.45, 2.75) is 245 Å². The Kier molecular flexibility index (Phi) is 32.2. The molecule has 3 N–H and O–H groups in total. The lowest BCUT2D eigenvalue weighted by Gasteiger charge is -2.34. The van der Waals surface area contributed by atoms with Gasteiger partial charge in [0.15, 0.2) is 11.5 Å². The average molecular weight is 652 g/mol. The lowest BCUT2D eigenvalue weighted by atomic mass is 9.85. The summed E-state index contributed by atoms with van der Waals surface area (Å²) in [5.74, 6) is -1.35. The predicted molar refractivity (Wildman–Crippen MR) is 198 cm³/mol. The number of hydrogen-bond acceptors (Lipinski definition) is 5. The second-order valence-corrected chi connectivity index (χ2v) is 14.6. The molecule has 0 aliphatic rings. The van der Waals surface area contributed by atoms with Crippen molar-refractivity contribution in [2.24, 2.45) is 5.92 Å². The van der Waals surface area contributed by atoms with Gasteiger partial charge in [0.05, 0.1) is 5.92 Å². The SMILES string of the molecule is CCCCCCCCCCCCCCCCCC(=O)C(C)C(O)(NC(C)O)C(=O)CCCCCCCCCCCCCCCCC. The first kappa shape index (κ1) is 45.2. The molecule has 5 nitrogen and oxygen atoms in total. The number of ketones is 2. The Bertz CT molecular complexity index is 681. The number of aliphatic hydroxyl groups excluding tert-OH is 1. The number of carbonyl (C=O) groups excluding carboxylic acids is 2. The van der Waals surface area contributed by atoms with Gasteiger partial charge in [0, 0.05) is 12.8 Å². The van der Waals surface area contributed by atoms with Crippen molar-refractivity contribution >= 4 is 11.6 Å². The molecular weight excluding hydrogens is 570 g/mol. The van der Waals surface area contributed by atoms with Crippen molar-refractivity contribution in [3.63, 3.8) is 0 Å². The van der Waals surface area contributed by atoms with Gasteiger partial charge < -0.3 is 10.2 Å². The van der Waals surface area contributed by atoms with Gasteiger partial charge in [0.2, 0.25) is 0 Å². The molecule has 0 aliphatic heterocycles. The van der Waals surface area contributed by atoms with Crippen molar-refractivity contribution in [3.8, 4) is 0 Å². The molecule has 0 fully saturated rings. The van der Waals surface area contributed by atoms with Gasteiger partial charge in [-0.15, -0.1) is 0 Å². The quantitative estimate of drug-likeness (QED) is 0.0459. The van der Waals surface area contributed by atoms with E-state index in [1.54, 1.807) is 6.92 Å². The van der Waals surface area contributed by atoms with Crippen LogP contribution in [0.4, 0.5) is 0 Å². The van der Waals surface area contributed by atoms with Crippen LogP contribution >= 0.6 is 0 Å². The Hall–Kier alpha value is -0.780. The zero-order chi connectivity index (χ0) is 34.1. The minimum atomic E-state index is -2.00. The standard InChI is InChI=1S/C41H81NO4/c1-5-7-9-11-13-15-17-19-21-23-25-27-29-31-33-35-39(44)37(3)41(46,42-38(4)43)40(45)36-34-32-30-28-26-24-22-20-18-16-14-12-10-8-6-2/h37-38,42-43,46H,5-36H2,1-4H3. The van der Waals surface area contributed by atoms with Crippen LogP contribution < -0.4 is 5.32 Å². The summed E-state index contributed by atoms with van der Waals surface area (Å²) < 4.78 is 0. The first-order valence-corrected chi connectivity index (χ1v) is 20.5. The van der Waals surface area contributed by atoms with Crippen molar-refractivity contribution < 1.29 is 19.8 Å². The van der Waals surface area contributed by atoms with Gasteiger partial charge in [-0.2, -0.15) is 0 Å². The Morgan fingerprint density at radius 2 is 0.739 bits per heavy atom. The fraction of sp³-hybridized carbons (Fsp3) is 0.951. The lowest BCUT2D eigenvalue weighted by Crippen LogP contribution is -2.61. The molecule has 0 radical (unpaired) electrons. The first-order chi connectivity index (χ1) is 22.3. The molecule has 0 saturated carbocycles. The second kappa shape index (κ2) is 32.8. The maximum absolute atomic E-state index is 13.1. The smallest absolute Gasteiger partial charge is 0.187 e. The van der Waals surface area contributed by atoms with Crippen LogP contribution in [0.1, 0.15) is 233 Å². The summed E-state index contributed by atoms with van der Waals surface area (Å²) in [4.78, 5) is 26.1. The molecule has 0 saturated heterocycles. The largest absolute Gasteiger partial charge is 0.379 e. The number of rotatable bonds is 37. The third-order valence-electron chi connectivity index (χ3n) is 10.00. The molecule has 274 valence electrons. The molecule has 46 heavy (non-hydrogen) atoms. The number of hydrogen-bond donors (Lipinski definition) is 3. The van der Waals surface area contributed by atoms with Gasteiger partial charge in [-0.25, -0.2) is 0 Å². The fourth-order valence-electron chi connectivity index (χ4n) is 6.73. The molecule has 0 aliphatic carbocycles. The number of nitrogens with one attached hydrogen (secondary N) is 1. The van der Waals surface area contributed by atoms with Gasteiger partial charge in [0.1, 0.15) is 12.0 Å². The van der Waals surface area contributed by atoms with Crippen molar-refractivity contribution in [1.29, 1.82) is 0 Å². The van der Waals surface area contributed by atoms with E-state index in [0.717, 1.165) is 32.1 Å². The summed E-state index contributed by atoms with van der Waals surface area (Å²) in [6.07, 6.45) is 37.5. The van der Waals surface area contributed by atoms with Gasteiger partial charge >= 0.3 is 0 Å².